The summed E-state index contributed by atoms with van der Waals surface area (Å²) in [4.78, 5) is 14.7. The lowest BCUT2D eigenvalue weighted by Crippen LogP contribution is -2.43. The lowest BCUT2D eigenvalue weighted by molar-refractivity contribution is -0.132. The zero-order chi connectivity index (χ0) is 14.7. The average molecular weight is 361 g/mol. The molecule has 3 nitrogen and oxygen atoms in total. The van der Waals surface area contributed by atoms with Crippen LogP contribution in [-0.4, -0.2) is 40.9 Å². The molecular weight excluding hydrogens is 339 g/mol. The molecule has 1 saturated carbocycles. The van der Waals surface area contributed by atoms with E-state index in [-0.39, 0.29) is 18.3 Å². The molecule has 22 heavy (non-hydrogen) atoms. The molecule has 3 rings (SSSR count). The van der Waals surface area contributed by atoms with Crippen molar-refractivity contribution < 1.29 is 4.79 Å². The summed E-state index contributed by atoms with van der Waals surface area (Å²) in [5.74, 6) is 2.49. The number of carbonyl (C=O) groups excluding carboxylic acids is 1. The lowest BCUT2D eigenvalue weighted by atomic mass is 10.1. The smallest absolute Gasteiger partial charge is 0.224 e. The normalized spacial score (nSPS) is 21.0. The number of rotatable bonds is 5. The van der Waals surface area contributed by atoms with Crippen LogP contribution < -0.4 is 5.32 Å². The highest BCUT2D eigenvalue weighted by Crippen LogP contribution is 2.29. The van der Waals surface area contributed by atoms with Crippen molar-refractivity contribution in [1.82, 2.24) is 10.2 Å². The van der Waals surface area contributed by atoms with Crippen LogP contribution in [0.15, 0.2) is 24.3 Å². The second-order valence-electron chi connectivity index (χ2n) is 5.81. The Morgan fingerprint density at radius 1 is 1.32 bits per heavy atom. The Hall–Kier alpha value is -0.420. The van der Waals surface area contributed by atoms with Crippen molar-refractivity contribution >= 4 is 41.7 Å². The zero-order valence-electron chi connectivity index (χ0n) is 12.5. The first-order valence-electron chi connectivity index (χ1n) is 7.57. The molecule has 6 heteroatoms. The predicted molar refractivity (Wildman–Crippen MR) is 96.0 cm³/mol. The number of hydrogen-bond acceptors (Lipinski definition) is 3. The molecule has 0 radical (unpaired) electrons. The molecule has 122 valence electrons. The Labute approximate surface area is 147 Å². The summed E-state index contributed by atoms with van der Waals surface area (Å²) in [5, 5.41) is 4.19. The molecule has 1 heterocycles. The second kappa shape index (κ2) is 8.44. The Balaban J connectivity index is 0.00000176. The highest BCUT2D eigenvalue weighted by molar-refractivity contribution is 7.99. The molecule has 1 amide bonds. The van der Waals surface area contributed by atoms with Crippen molar-refractivity contribution in [2.75, 3.05) is 18.1 Å². The molecule has 1 saturated heterocycles. The fourth-order valence-electron chi connectivity index (χ4n) is 2.67. The standard InChI is InChI=1S/C16H21ClN2OS.ClH/c17-13-3-1-12(2-4-13)10-19(15-5-6-15)16(20)9-14-11-21-8-7-18-14;/h1-4,14-15,18H,5-11H2;1H. The van der Waals surface area contributed by atoms with E-state index < -0.39 is 0 Å². The number of nitrogens with zero attached hydrogens (tertiary/aromatic N) is 1. The highest BCUT2D eigenvalue weighted by atomic mass is 35.5. The van der Waals surface area contributed by atoms with Gasteiger partial charge in [0.25, 0.3) is 0 Å². The van der Waals surface area contributed by atoms with Crippen molar-refractivity contribution in [2.24, 2.45) is 0 Å². The summed E-state index contributed by atoms with van der Waals surface area (Å²) in [6, 6.07) is 8.60. The number of halogens is 2. The van der Waals surface area contributed by atoms with Crippen LogP contribution >= 0.6 is 35.8 Å². The van der Waals surface area contributed by atoms with Crippen molar-refractivity contribution in [3.8, 4) is 0 Å². The van der Waals surface area contributed by atoms with Gasteiger partial charge in [0.2, 0.25) is 5.91 Å². The number of benzene rings is 1. The monoisotopic (exact) mass is 360 g/mol. The van der Waals surface area contributed by atoms with Crippen LogP contribution in [0, 0.1) is 0 Å². The molecular formula is C16H22Cl2N2OS. The van der Waals surface area contributed by atoms with Crippen LogP contribution in [0.2, 0.25) is 5.02 Å². The third-order valence-corrected chi connectivity index (χ3v) is 5.38. The lowest BCUT2D eigenvalue weighted by Gasteiger charge is -2.27. The van der Waals surface area contributed by atoms with Gasteiger partial charge in [0.05, 0.1) is 0 Å². The van der Waals surface area contributed by atoms with Crippen LogP contribution in [0.25, 0.3) is 0 Å². The maximum absolute atomic E-state index is 12.6. The Morgan fingerprint density at radius 3 is 2.64 bits per heavy atom. The summed E-state index contributed by atoms with van der Waals surface area (Å²) in [6.07, 6.45) is 2.91. The predicted octanol–water partition coefficient (Wildman–Crippen LogP) is 3.35. The van der Waals surface area contributed by atoms with E-state index in [4.69, 9.17) is 11.6 Å². The largest absolute Gasteiger partial charge is 0.335 e. The number of nitrogens with one attached hydrogen (secondary N) is 1. The molecule has 1 atom stereocenters. The Kier molecular flexibility index (Phi) is 6.87. The molecule has 2 fully saturated rings. The molecule has 1 aromatic rings. The fourth-order valence-corrected chi connectivity index (χ4v) is 3.75. The quantitative estimate of drug-likeness (QED) is 0.873. The molecule has 1 aromatic carbocycles. The fraction of sp³-hybridized carbons (Fsp3) is 0.562. The second-order valence-corrected chi connectivity index (χ2v) is 7.40. The summed E-state index contributed by atoms with van der Waals surface area (Å²) in [6.45, 7) is 1.73. The van der Waals surface area contributed by atoms with Gasteiger partial charge in [0, 0.05) is 48.1 Å². The molecule has 0 bridgehead atoms. The van der Waals surface area contributed by atoms with E-state index in [9.17, 15) is 4.79 Å². The first-order chi connectivity index (χ1) is 10.2. The minimum absolute atomic E-state index is 0. The van der Waals surface area contributed by atoms with Gasteiger partial charge < -0.3 is 10.2 Å². The van der Waals surface area contributed by atoms with E-state index >= 15 is 0 Å². The summed E-state index contributed by atoms with van der Waals surface area (Å²) in [5.41, 5.74) is 1.16. The number of hydrogen-bond donors (Lipinski definition) is 1. The van der Waals surface area contributed by atoms with E-state index in [2.05, 4.69) is 10.2 Å². The van der Waals surface area contributed by atoms with Gasteiger partial charge in [0.15, 0.2) is 0 Å². The van der Waals surface area contributed by atoms with Gasteiger partial charge in [-0.25, -0.2) is 0 Å². The number of amides is 1. The van der Waals surface area contributed by atoms with Gasteiger partial charge in [-0.3, -0.25) is 4.79 Å². The van der Waals surface area contributed by atoms with Crippen molar-refractivity contribution in [2.45, 2.75) is 37.9 Å². The van der Waals surface area contributed by atoms with Crippen LogP contribution in [0.5, 0.6) is 0 Å². The summed E-state index contributed by atoms with van der Waals surface area (Å²) >= 11 is 7.86. The molecule has 1 aliphatic heterocycles. The van der Waals surface area contributed by atoms with E-state index in [0.717, 1.165) is 41.5 Å². The van der Waals surface area contributed by atoms with Gasteiger partial charge >= 0.3 is 0 Å². The Bertz CT molecular complexity index is 487. The molecule has 0 spiro atoms. The van der Waals surface area contributed by atoms with Gasteiger partial charge in [0.1, 0.15) is 0 Å². The van der Waals surface area contributed by atoms with Gasteiger partial charge in [-0.15, -0.1) is 12.4 Å². The first-order valence-corrected chi connectivity index (χ1v) is 9.10. The van der Waals surface area contributed by atoms with Crippen LogP contribution in [0.3, 0.4) is 0 Å². The van der Waals surface area contributed by atoms with Gasteiger partial charge in [-0.1, -0.05) is 23.7 Å². The minimum atomic E-state index is 0. The maximum atomic E-state index is 12.6. The third-order valence-electron chi connectivity index (χ3n) is 3.99. The summed E-state index contributed by atoms with van der Waals surface area (Å²) in [7, 11) is 0. The van der Waals surface area contributed by atoms with Gasteiger partial charge in [-0.2, -0.15) is 11.8 Å². The molecule has 2 aliphatic rings. The third kappa shape index (κ3) is 5.05. The van der Waals surface area contributed by atoms with E-state index in [0.29, 0.717) is 25.0 Å². The SMILES string of the molecule is Cl.O=C(CC1CSCCN1)N(Cc1ccc(Cl)cc1)C1CC1. The molecule has 1 aliphatic carbocycles. The number of carbonyl (C=O) groups is 1. The molecule has 0 aromatic heterocycles. The molecule has 1 unspecified atom stereocenters. The highest BCUT2D eigenvalue weighted by Gasteiger charge is 2.33. The minimum Gasteiger partial charge on any atom is -0.335 e. The van der Waals surface area contributed by atoms with Crippen molar-refractivity contribution in [3.63, 3.8) is 0 Å². The van der Waals surface area contributed by atoms with Gasteiger partial charge in [-0.05, 0) is 30.5 Å². The Morgan fingerprint density at radius 2 is 2.05 bits per heavy atom. The van der Waals surface area contributed by atoms with E-state index in [1.54, 1.807) is 0 Å². The molecule has 1 N–H and O–H groups in total. The zero-order valence-corrected chi connectivity index (χ0v) is 14.9. The summed E-state index contributed by atoms with van der Waals surface area (Å²) < 4.78 is 0. The number of thioether (sulfide) groups is 1. The van der Waals surface area contributed by atoms with E-state index in [1.807, 2.05) is 36.0 Å². The van der Waals surface area contributed by atoms with Crippen LogP contribution in [-0.2, 0) is 11.3 Å². The first kappa shape index (κ1) is 17.9. The van der Waals surface area contributed by atoms with Crippen molar-refractivity contribution in [1.29, 1.82) is 0 Å². The van der Waals surface area contributed by atoms with Crippen molar-refractivity contribution in [3.05, 3.63) is 34.9 Å². The van der Waals surface area contributed by atoms with Crippen LogP contribution in [0.4, 0.5) is 0 Å². The maximum Gasteiger partial charge on any atom is 0.224 e. The van der Waals surface area contributed by atoms with E-state index in [1.165, 1.54) is 0 Å². The topological polar surface area (TPSA) is 32.3 Å². The van der Waals surface area contributed by atoms with Crippen LogP contribution in [0.1, 0.15) is 24.8 Å². The average Bonchev–Trinajstić information content (AvgIpc) is 3.32.